The Morgan fingerprint density at radius 2 is 1.86 bits per heavy atom. The van der Waals surface area contributed by atoms with Crippen molar-refractivity contribution in [2.75, 3.05) is 54.5 Å². The summed E-state index contributed by atoms with van der Waals surface area (Å²) in [6.07, 6.45) is 4.10. The number of hydrogen-bond acceptors (Lipinski definition) is 7. The summed E-state index contributed by atoms with van der Waals surface area (Å²) >= 11 is 1.68. The number of anilines is 3. The first-order valence-corrected chi connectivity index (χ1v) is 10.8. The third-order valence-corrected chi connectivity index (χ3v) is 6.44. The number of amides is 1. The first-order valence-electron chi connectivity index (χ1n) is 10.0. The van der Waals surface area contributed by atoms with Crippen LogP contribution in [0.25, 0.3) is 10.2 Å². The molecule has 4 heterocycles. The van der Waals surface area contributed by atoms with Gasteiger partial charge < -0.3 is 19.9 Å². The van der Waals surface area contributed by atoms with E-state index in [-0.39, 0.29) is 5.91 Å². The smallest absolute Gasteiger partial charge is 0.257 e. The number of fused-ring (bicyclic) bond motifs is 1. The Balaban J connectivity index is 1.28. The molecule has 2 aliphatic rings. The largest absolute Gasteiger partial charge is 0.378 e. The van der Waals surface area contributed by atoms with E-state index in [1.54, 1.807) is 17.5 Å². The van der Waals surface area contributed by atoms with E-state index in [0.29, 0.717) is 18.8 Å². The second-order valence-corrected chi connectivity index (χ2v) is 8.34. The van der Waals surface area contributed by atoms with E-state index in [1.165, 1.54) is 12.8 Å². The summed E-state index contributed by atoms with van der Waals surface area (Å²) in [7, 11) is 0. The molecule has 0 saturated carbocycles. The van der Waals surface area contributed by atoms with Crippen molar-refractivity contribution >= 4 is 44.1 Å². The summed E-state index contributed by atoms with van der Waals surface area (Å²) < 4.78 is 6.46. The monoisotopic (exact) mass is 409 g/mol. The van der Waals surface area contributed by atoms with Gasteiger partial charge in [0.05, 0.1) is 29.0 Å². The van der Waals surface area contributed by atoms with Crippen LogP contribution in [0.5, 0.6) is 0 Å². The van der Waals surface area contributed by atoms with Gasteiger partial charge in [-0.15, -0.1) is 0 Å². The highest BCUT2D eigenvalue weighted by molar-refractivity contribution is 7.22. The van der Waals surface area contributed by atoms with Crippen LogP contribution in [0.3, 0.4) is 0 Å². The third-order valence-electron chi connectivity index (χ3n) is 5.36. The molecular weight excluding hydrogens is 386 g/mol. The SMILES string of the molecule is O=C(Nc1ccc2nc(N3CCCC3)sc2c1)c1ccc(N2CCOCC2)nc1. The molecule has 150 valence electrons. The highest BCUT2D eigenvalue weighted by Crippen LogP contribution is 2.32. The van der Waals surface area contributed by atoms with E-state index < -0.39 is 0 Å². The lowest BCUT2D eigenvalue weighted by atomic mass is 10.2. The fourth-order valence-electron chi connectivity index (χ4n) is 3.74. The predicted octanol–water partition coefficient (Wildman–Crippen LogP) is 3.38. The molecule has 0 aliphatic carbocycles. The second-order valence-electron chi connectivity index (χ2n) is 7.33. The van der Waals surface area contributed by atoms with Gasteiger partial charge in [-0.2, -0.15) is 0 Å². The maximum absolute atomic E-state index is 12.6. The number of pyridine rings is 1. The summed E-state index contributed by atoms with van der Waals surface area (Å²) in [4.78, 5) is 26.3. The second kappa shape index (κ2) is 7.96. The number of ether oxygens (including phenoxy) is 1. The molecule has 0 atom stereocenters. The Kier molecular flexibility index (Phi) is 5.03. The number of aromatic nitrogens is 2. The standard InChI is InChI=1S/C21H23N5O2S/c27-20(15-3-6-19(22-14-15)25-9-11-28-12-10-25)23-16-4-5-17-18(13-16)29-21(24-17)26-7-1-2-8-26/h3-6,13-14H,1-2,7-12H2,(H,23,27). The Morgan fingerprint density at radius 1 is 1.03 bits per heavy atom. The van der Waals surface area contributed by atoms with Crippen LogP contribution < -0.4 is 15.1 Å². The molecule has 0 spiro atoms. The number of morpholine rings is 1. The van der Waals surface area contributed by atoms with Gasteiger partial charge in [0, 0.05) is 38.1 Å². The zero-order valence-electron chi connectivity index (χ0n) is 16.1. The molecule has 0 unspecified atom stereocenters. The molecular formula is C21H23N5O2S. The highest BCUT2D eigenvalue weighted by atomic mass is 32.1. The van der Waals surface area contributed by atoms with E-state index in [9.17, 15) is 4.79 Å². The summed E-state index contributed by atoms with van der Waals surface area (Å²) in [5, 5.41) is 4.05. The molecule has 29 heavy (non-hydrogen) atoms. The molecule has 1 aromatic carbocycles. The lowest BCUT2D eigenvalue weighted by Gasteiger charge is -2.27. The van der Waals surface area contributed by atoms with Crippen LogP contribution in [0.4, 0.5) is 16.6 Å². The molecule has 1 amide bonds. The van der Waals surface area contributed by atoms with E-state index >= 15 is 0 Å². The lowest BCUT2D eigenvalue weighted by Crippen LogP contribution is -2.36. The van der Waals surface area contributed by atoms with Crippen LogP contribution in [-0.4, -0.2) is 55.3 Å². The van der Waals surface area contributed by atoms with E-state index in [1.807, 2.05) is 30.3 Å². The molecule has 1 N–H and O–H groups in total. The molecule has 2 fully saturated rings. The minimum absolute atomic E-state index is 0.158. The normalized spacial score (nSPS) is 17.1. The number of carbonyl (C=O) groups is 1. The van der Waals surface area contributed by atoms with Gasteiger partial charge in [0.25, 0.3) is 5.91 Å². The first kappa shape index (κ1) is 18.3. The number of rotatable bonds is 4. The number of nitrogens with one attached hydrogen (secondary N) is 1. The summed E-state index contributed by atoms with van der Waals surface area (Å²) in [6, 6.07) is 9.60. The molecule has 3 aromatic rings. The van der Waals surface area contributed by atoms with Crippen molar-refractivity contribution in [2.24, 2.45) is 0 Å². The molecule has 7 nitrogen and oxygen atoms in total. The predicted molar refractivity (Wildman–Crippen MR) is 116 cm³/mol. The number of hydrogen-bond donors (Lipinski definition) is 1. The van der Waals surface area contributed by atoms with Crippen molar-refractivity contribution in [3.63, 3.8) is 0 Å². The van der Waals surface area contributed by atoms with E-state index in [0.717, 1.165) is 53.0 Å². The fraction of sp³-hybridized carbons (Fsp3) is 0.381. The quantitative estimate of drug-likeness (QED) is 0.712. The first-order chi connectivity index (χ1) is 14.3. The van der Waals surface area contributed by atoms with Gasteiger partial charge in [-0.3, -0.25) is 4.79 Å². The maximum atomic E-state index is 12.6. The Labute approximate surface area is 173 Å². The Morgan fingerprint density at radius 3 is 2.62 bits per heavy atom. The highest BCUT2D eigenvalue weighted by Gasteiger charge is 2.17. The third kappa shape index (κ3) is 3.90. The average Bonchev–Trinajstić information content (AvgIpc) is 3.44. The van der Waals surface area contributed by atoms with Crippen molar-refractivity contribution in [1.29, 1.82) is 0 Å². The minimum Gasteiger partial charge on any atom is -0.378 e. The van der Waals surface area contributed by atoms with Crippen LogP contribution >= 0.6 is 11.3 Å². The Bertz CT molecular complexity index is 1010. The van der Waals surface area contributed by atoms with Crippen LogP contribution in [0.2, 0.25) is 0 Å². The number of thiazole rings is 1. The topological polar surface area (TPSA) is 70.6 Å². The molecule has 2 saturated heterocycles. The van der Waals surface area contributed by atoms with Gasteiger partial charge in [-0.1, -0.05) is 11.3 Å². The van der Waals surface area contributed by atoms with Crippen LogP contribution in [0.15, 0.2) is 36.5 Å². The zero-order chi connectivity index (χ0) is 19.6. The molecule has 2 aliphatic heterocycles. The summed E-state index contributed by atoms with van der Waals surface area (Å²) in [5.74, 6) is 0.722. The van der Waals surface area contributed by atoms with Crippen molar-refractivity contribution in [3.8, 4) is 0 Å². The van der Waals surface area contributed by atoms with Gasteiger partial charge in [-0.05, 0) is 43.2 Å². The van der Waals surface area contributed by atoms with Gasteiger partial charge in [-0.25, -0.2) is 9.97 Å². The van der Waals surface area contributed by atoms with Crippen molar-refractivity contribution < 1.29 is 9.53 Å². The fourth-order valence-corrected chi connectivity index (χ4v) is 4.79. The average molecular weight is 410 g/mol. The van der Waals surface area contributed by atoms with E-state index in [2.05, 4.69) is 20.1 Å². The van der Waals surface area contributed by atoms with Crippen LogP contribution in [0.1, 0.15) is 23.2 Å². The van der Waals surface area contributed by atoms with Gasteiger partial charge in [0.15, 0.2) is 5.13 Å². The van der Waals surface area contributed by atoms with Crippen molar-refractivity contribution in [1.82, 2.24) is 9.97 Å². The molecule has 5 rings (SSSR count). The summed E-state index contributed by atoms with van der Waals surface area (Å²) in [5.41, 5.74) is 2.30. The van der Waals surface area contributed by atoms with Gasteiger partial charge in [0.1, 0.15) is 5.82 Å². The summed E-state index contributed by atoms with van der Waals surface area (Å²) in [6.45, 7) is 5.24. The van der Waals surface area contributed by atoms with Gasteiger partial charge >= 0.3 is 0 Å². The molecule has 8 heteroatoms. The molecule has 2 aromatic heterocycles. The lowest BCUT2D eigenvalue weighted by molar-refractivity contribution is 0.102. The van der Waals surface area contributed by atoms with Crippen LogP contribution in [0, 0.1) is 0 Å². The van der Waals surface area contributed by atoms with Crippen LogP contribution in [-0.2, 0) is 4.74 Å². The number of carbonyl (C=O) groups excluding carboxylic acids is 1. The zero-order valence-corrected chi connectivity index (χ0v) is 17.0. The molecule has 0 radical (unpaired) electrons. The van der Waals surface area contributed by atoms with Crippen molar-refractivity contribution in [2.45, 2.75) is 12.8 Å². The minimum atomic E-state index is -0.158. The van der Waals surface area contributed by atoms with Crippen molar-refractivity contribution in [3.05, 3.63) is 42.1 Å². The number of benzene rings is 1. The number of nitrogens with zero attached hydrogens (tertiary/aromatic N) is 4. The Hall–Kier alpha value is -2.71. The van der Waals surface area contributed by atoms with E-state index in [4.69, 9.17) is 9.72 Å². The van der Waals surface area contributed by atoms with Gasteiger partial charge in [0.2, 0.25) is 0 Å². The molecule has 0 bridgehead atoms. The maximum Gasteiger partial charge on any atom is 0.257 e.